The quantitative estimate of drug-likeness (QED) is 0.0936. The molecule has 2 heterocycles. The number of hydrogen-bond donors (Lipinski definition) is 8. The van der Waals surface area contributed by atoms with Crippen LogP contribution >= 0.6 is 30.4 Å². The van der Waals surface area contributed by atoms with E-state index in [1.54, 1.807) is 0 Å². The van der Waals surface area contributed by atoms with E-state index in [9.17, 15) is 38.3 Å². The van der Waals surface area contributed by atoms with E-state index >= 15 is 0 Å². The number of rotatable bonds is 8. The first-order valence-corrected chi connectivity index (χ1v) is 15.0. The largest absolute Gasteiger partial charge is 1.00 e. The van der Waals surface area contributed by atoms with E-state index in [1.807, 2.05) is 0 Å². The van der Waals surface area contributed by atoms with Crippen LogP contribution in [0.1, 0.15) is 11.4 Å². The predicted octanol–water partition coefficient (Wildman–Crippen LogP) is -12.1. The van der Waals surface area contributed by atoms with Gasteiger partial charge in [0.15, 0.2) is 15.2 Å². The van der Waals surface area contributed by atoms with Crippen LogP contribution in [0.5, 0.6) is 0 Å². The average Bonchev–Trinajstić information content (AvgIpc) is 2.66. The van der Waals surface area contributed by atoms with Crippen molar-refractivity contribution in [1.82, 2.24) is 9.97 Å². The summed E-state index contributed by atoms with van der Waals surface area (Å²) < 4.78 is 43.8. The van der Waals surface area contributed by atoms with Crippen LogP contribution in [0.4, 0.5) is 0 Å². The van der Waals surface area contributed by atoms with Crippen LogP contribution in [0.2, 0.25) is 0 Å². The zero-order valence-corrected chi connectivity index (χ0v) is 28.8. The third-order valence-electron chi connectivity index (χ3n) is 4.13. The molecule has 0 amide bonds. The topological polar surface area (TPSA) is 460 Å². The first kappa shape index (κ1) is 57.3. The van der Waals surface area contributed by atoms with Crippen molar-refractivity contribution in [3.8, 4) is 0 Å². The van der Waals surface area contributed by atoms with Gasteiger partial charge in [-0.05, 0) is 24.3 Å². The molecule has 18 N–H and O–H groups in total. The maximum atomic E-state index is 11.0. The summed E-state index contributed by atoms with van der Waals surface area (Å²) in [4.78, 5) is 81.9. The summed E-state index contributed by atoms with van der Waals surface area (Å²) in [5.74, 6) is 0. The summed E-state index contributed by atoms with van der Waals surface area (Å²) in [7, 11) is -22.3. The van der Waals surface area contributed by atoms with Gasteiger partial charge in [0.05, 0.1) is 0 Å². The van der Waals surface area contributed by atoms with Gasteiger partial charge in [0.1, 0.15) is 0 Å². The molecule has 0 saturated heterocycles. The second-order valence-electron chi connectivity index (χ2n) is 6.67. The van der Waals surface area contributed by atoms with Gasteiger partial charge in [-0.3, -0.25) is 19.1 Å². The SMILES string of the molecule is O.O.O.O.O.O=P([O-])(O)C(O)(Cc1ccccn1)P(=O)(O)O.O=P([O-])(O)C(O)(Cc1ccccn1)P(=O)(O)O.[Na+].[Na+]. The molecule has 0 saturated carbocycles. The normalized spacial score (nSPS) is 16.0. The van der Waals surface area contributed by atoms with Crippen LogP contribution in [-0.2, 0) is 31.1 Å². The van der Waals surface area contributed by atoms with Crippen molar-refractivity contribution < 1.29 is 154 Å². The number of pyridine rings is 2. The summed E-state index contributed by atoms with van der Waals surface area (Å²) in [6.45, 7) is 0. The fourth-order valence-corrected chi connectivity index (χ4v) is 6.32. The third kappa shape index (κ3) is 15.5. The second kappa shape index (κ2) is 21.4. The van der Waals surface area contributed by atoms with Gasteiger partial charge < -0.3 is 85.9 Å². The van der Waals surface area contributed by atoms with Crippen molar-refractivity contribution in [2.75, 3.05) is 0 Å². The Morgan fingerprint density at radius 1 is 0.585 bits per heavy atom. The Morgan fingerprint density at radius 2 is 0.829 bits per heavy atom. The van der Waals surface area contributed by atoms with Gasteiger partial charge in [0.2, 0.25) is 10.2 Å². The van der Waals surface area contributed by atoms with Crippen LogP contribution in [0.25, 0.3) is 0 Å². The predicted molar refractivity (Wildman–Crippen MR) is 128 cm³/mol. The average molecular weight is 700 g/mol. The summed E-state index contributed by atoms with van der Waals surface area (Å²) in [5.41, 5.74) is -0.160. The van der Waals surface area contributed by atoms with Crippen LogP contribution in [0.15, 0.2) is 48.8 Å². The Kier molecular flexibility index (Phi) is 29.9. The molecule has 27 heteroatoms. The van der Waals surface area contributed by atoms with E-state index in [0.29, 0.717) is 0 Å². The summed E-state index contributed by atoms with van der Waals surface area (Å²) in [5, 5.41) is 11.9. The van der Waals surface area contributed by atoms with Crippen molar-refractivity contribution in [2.24, 2.45) is 0 Å². The van der Waals surface area contributed by atoms with Crippen molar-refractivity contribution in [1.29, 1.82) is 0 Å². The molecule has 0 aromatic carbocycles. The fraction of sp³-hybridized carbons (Fsp3) is 0.286. The number of aliphatic hydroxyl groups is 2. The molecule has 0 spiro atoms. The summed E-state index contributed by atoms with van der Waals surface area (Å²) in [6, 6.07) is 8.39. The van der Waals surface area contributed by atoms with Crippen LogP contribution in [-0.4, -0.2) is 87.1 Å². The molecule has 41 heavy (non-hydrogen) atoms. The molecule has 0 aliphatic heterocycles. The molecular formula is C14H30N2Na2O19P4. The van der Waals surface area contributed by atoms with Crippen LogP contribution in [0.3, 0.4) is 0 Å². The van der Waals surface area contributed by atoms with Gasteiger partial charge >= 0.3 is 74.3 Å². The smallest absolute Gasteiger partial charge is 0.776 e. The van der Waals surface area contributed by atoms with E-state index in [0.717, 1.165) is 0 Å². The van der Waals surface area contributed by atoms with E-state index in [4.69, 9.17) is 29.4 Å². The van der Waals surface area contributed by atoms with Crippen molar-refractivity contribution in [2.45, 2.75) is 23.0 Å². The number of nitrogens with zero attached hydrogens (tertiary/aromatic N) is 2. The second-order valence-corrected chi connectivity index (χ2v) is 14.6. The van der Waals surface area contributed by atoms with Crippen LogP contribution < -0.4 is 68.9 Å². The Hall–Kier alpha value is 0.620. The molecule has 0 bridgehead atoms. The monoisotopic (exact) mass is 700 g/mol. The van der Waals surface area contributed by atoms with Gasteiger partial charge in [-0.15, -0.1) is 0 Å². The first-order chi connectivity index (χ1) is 15.2. The molecule has 4 atom stereocenters. The fourth-order valence-electron chi connectivity index (χ4n) is 2.23. The third-order valence-corrected chi connectivity index (χ3v) is 11.5. The van der Waals surface area contributed by atoms with Gasteiger partial charge in [-0.2, -0.15) is 0 Å². The Balaban J connectivity index is -0.0000000963. The van der Waals surface area contributed by atoms with E-state index in [-0.39, 0.29) is 97.9 Å². The van der Waals surface area contributed by atoms with Crippen molar-refractivity contribution in [3.63, 3.8) is 0 Å². The molecule has 0 aliphatic rings. The Morgan fingerprint density at radius 3 is 0.976 bits per heavy atom. The first-order valence-electron chi connectivity index (χ1n) is 8.59. The van der Waals surface area contributed by atoms with Crippen molar-refractivity contribution in [3.05, 3.63) is 60.2 Å². The molecule has 0 aliphatic carbocycles. The van der Waals surface area contributed by atoms with E-state index < -0.39 is 53.4 Å². The number of aromatic nitrogens is 2. The zero-order valence-electron chi connectivity index (χ0n) is 21.2. The van der Waals surface area contributed by atoms with Crippen LogP contribution in [0, 0.1) is 0 Å². The molecule has 0 fully saturated rings. The molecule has 232 valence electrons. The molecule has 2 rings (SSSR count). The molecule has 4 unspecified atom stereocenters. The summed E-state index contributed by atoms with van der Waals surface area (Å²) in [6.07, 6.45) is 0.496. The molecule has 21 nitrogen and oxygen atoms in total. The minimum atomic E-state index is -5.67. The minimum Gasteiger partial charge on any atom is -0.776 e. The Bertz CT molecular complexity index is 1020. The zero-order chi connectivity index (χ0) is 26.6. The number of hydrogen-bond acceptors (Lipinski definition) is 10. The molecular weight excluding hydrogens is 670 g/mol. The van der Waals surface area contributed by atoms with E-state index in [1.165, 1.54) is 48.8 Å². The van der Waals surface area contributed by atoms with Crippen molar-refractivity contribution >= 4 is 30.4 Å². The van der Waals surface area contributed by atoms with Gasteiger partial charge in [0.25, 0.3) is 0 Å². The molecule has 0 radical (unpaired) electrons. The summed E-state index contributed by atoms with van der Waals surface area (Å²) >= 11 is 0. The minimum absolute atomic E-state index is 0. The maximum Gasteiger partial charge on any atom is 1.00 e. The molecule has 2 aromatic rings. The van der Waals surface area contributed by atoms with E-state index in [2.05, 4.69) is 9.97 Å². The Labute approximate surface area is 275 Å². The standard InChI is InChI=1S/2C7H11NO7P2.2Na.5H2O/c2*9-7(16(10,11)12,17(13,14)15)5-6-3-1-2-4-8-6;;;;;;;/h2*1-4,9H,5H2,(H2,10,11,12)(H2,13,14,15);;;5*1H2/q;;2*+1;;;;;/p-2. The van der Waals surface area contributed by atoms with Gasteiger partial charge in [-0.1, -0.05) is 12.1 Å². The van der Waals surface area contributed by atoms with Gasteiger partial charge in [0, 0.05) is 36.6 Å². The van der Waals surface area contributed by atoms with Gasteiger partial charge in [-0.25, -0.2) is 0 Å². The maximum absolute atomic E-state index is 11.0. The molecule has 2 aromatic heterocycles.